The van der Waals surface area contributed by atoms with Crippen LogP contribution in [0, 0.1) is 0 Å². The first-order valence-electron chi connectivity index (χ1n) is 7.67. The summed E-state index contributed by atoms with van der Waals surface area (Å²) in [6, 6.07) is 3.88. The second-order valence-corrected chi connectivity index (χ2v) is 9.29. The normalized spacial score (nSPS) is 18.9. The highest BCUT2D eigenvalue weighted by Crippen LogP contribution is 2.23. The fraction of sp³-hybridized carbons (Fsp3) is 0.625. The summed E-state index contributed by atoms with van der Waals surface area (Å²) in [5.41, 5.74) is -0.504. The molecule has 1 aliphatic rings. The van der Waals surface area contributed by atoms with Gasteiger partial charge in [-0.15, -0.1) is 11.3 Å². The van der Waals surface area contributed by atoms with Crippen molar-refractivity contribution < 1.29 is 14.3 Å². The highest BCUT2D eigenvalue weighted by molar-refractivity contribution is 9.11. The Morgan fingerprint density at radius 1 is 1.35 bits per heavy atom. The van der Waals surface area contributed by atoms with Crippen molar-refractivity contribution in [1.82, 2.24) is 9.80 Å². The van der Waals surface area contributed by atoms with Gasteiger partial charge >= 0.3 is 6.09 Å². The van der Waals surface area contributed by atoms with Gasteiger partial charge in [-0.1, -0.05) is 0 Å². The van der Waals surface area contributed by atoms with Crippen LogP contribution in [-0.4, -0.2) is 53.1 Å². The van der Waals surface area contributed by atoms with Crippen molar-refractivity contribution in [3.63, 3.8) is 0 Å². The first-order valence-corrected chi connectivity index (χ1v) is 9.28. The quantitative estimate of drug-likeness (QED) is 0.759. The lowest BCUT2D eigenvalue weighted by atomic mass is 10.1. The van der Waals surface area contributed by atoms with E-state index >= 15 is 0 Å². The highest BCUT2D eigenvalue weighted by Gasteiger charge is 2.32. The van der Waals surface area contributed by atoms with Gasteiger partial charge in [0.15, 0.2) is 0 Å². The average molecular weight is 403 g/mol. The lowest BCUT2D eigenvalue weighted by molar-refractivity contribution is -0.133. The smallest absolute Gasteiger partial charge is 0.410 e. The number of thiophene rings is 1. The van der Waals surface area contributed by atoms with Crippen LogP contribution < -0.4 is 0 Å². The van der Waals surface area contributed by atoms with Gasteiger partial charge in [-0.05, 0) is 55.8 Å². The standard InChI is InChI=1S/C16H23BrN2O3S/c1-11-10-18(14(20)9-12-5-6-13(17)23-12)7-8-19(11)15(21)22-16(2,3)4/h5-6,11H,7-10H2,1-4H3/t11-/m0/s1. The van der Waals surface area contributed by atoms with Crippen LogP contribution in [0.5, 0.6) is 0 Å². The molecule has 2 rings (SSSR count). The molecule has 1 aliphatic heterocycles. The van der Waals surface area contributed by atoms with Crippen LogP contribution >= 0.6 is 27.3 Å². The zero-order valence-corrected chi connectivity index (χ0v) is 16.4. The summed E-state index contributed by atoms with van der Waals surface area (Å²) in [6.45, 7) is 9.12. The van der Waals surface area contributed by atoms with E-state index in [1.165, 1.54) is 0 Å². The maximum Gasteiger partial charge on any atom is 0.410 e. The van der Waals surface area contributed by atoms with E-state index in [4.69, 9.17) is 4.74 Å². The largest absolute Gasteiger partial charge is 0.444 e. The van der Waals surface area contributed by atoms with Gasteiger partial charge in [0.2, 0.25) is 5.91 Å². The molecule has 1 saturated heterocycles. The van der Waals surface area contributed by atoms with Crippen LogP contribution in [0.1, 0.15) is 32.6 Å². The van der Waals surface area contributed by atoms with Crippen molar-refractivity contribution >= 4 is 39.3 Å². The second-order valence-electron chi connectivity index (χ2n) is 6.75. The number of halogens is 1. The summed E-state index contributed by atoms with van der Waals surface area (Å²) in [7, 11) is 0. The average Bonchev–Trinajstić information content (AvgIpc) is 2.81. The number of carbonyl (C=O) groups excluding carboxylic acids is 2. The fourth-order valence-corrected chi connectivity index (χ4v) is 3.96. The summed E-state index contributed by atoms with van der Waals surface area (Å²) >= 11 is 4.99. The highest BCUT2D eigenvalue weighted by atomic mass is 79.9. The minimum atomic E-state index is -0.504. The number of amides is 2. The van der Waals surface area contributed by atoms with E-state index in [1.807, 2.05) is 44.7 Å². The molecular weight excluding hydrogens is 380 g/mol. The summed E-state index contributed by atoms with van der Waals surface area (Å²) in [5, 5.41) is 0. The lowest BCUT2D eigenvalue weighted by Crippen LogP contribution is -2.56. The first kappa shape index (κ1) is 18.3. The fourth-order valence-electron chi connectivity index (χ4n) is 2.48. The summed E-state index contributed by atoms with van der Waals surface area (Å²) in [6.07, 6.45) is 0.106. The zero-order chi connectivity index (χ0) is 17.2. The molecule has 1 aromatic rings. The molecule has 0 radical (unpaired) electrons. The Hall–Kier alpha value is -1.08. The lowest BCUT2D eigenvalue weighted by Gasteiger charge is -2.40. The van der Waals surface area contributed by atoms with E-state index in [-0.39, 0.29) is 18.0 Å². The topological polar surface area (TPSA) is 49.9 Å². The van der Waals surface area contributed by atoms with Crippen molar-refractivity contribution in [2.75, 3.05) is 19.6 Å². The molecule has 2 heterocycles. The first-order chi connectivity index (χ1) is 10.7. The molecule has 5 nitrogen and oxygen atoms in total. The Labute approximate surface area is 149 Å². The van der Waals surface area contributed by atoms with Crippen molar-refractivity contribution in [3.05, 3.63) is 20.8 Å². The molecule has 1 atom stereocenters. The predicted octanol–water partition coefficient (Wildman–Crippen LogP) is 3.52. The Balaban J connectivity index is 1.90. The Morgan fingerprint density at radius 2 is 2.04 bits per heavy atom. The molecule has 0 spiro atoms. The van der Waals surface area contributed by atoms with E-state index in [2.05, 4.69) is 15.9 Å². The molecule has 2 amide bonds. The maximum absolute atomic E-state index is 12.4. The number of rotatable bonds is 2. The van der Waals surface area contributed by atoms with Gasteiger partial charge in [0.25, 0.3) is 0 Å². The SMILES string of the molecule is C[C@H]1CN(C(=O)Cc2ccc(Br)s2)CCN1C(=O)OC(C)(C)C. The summed E-state index contributed by atoms with van der Waals surface area (Å²) in [5.74, 6) is 0.107. The number of carbonyl (C=O) groups is 2. The molecule has 1 aromatic heterocycles. The van der Waals surface area contributed by atoms with Crippen molar-refractivity contribution in [3.8, 4) is 0 Å². The number of hydrogen-bond donors (Lipinski definition) is 0. The minimum absolute atomic E-state index is 0.0439. The van der Waals surface area contributed by atoms with Gasteiger partial charge in [0.05, 0.1) is 10.2 Å². The third-order valence-corrected chi connectivity index (χ3v) is 5.19. The van der Waals surface area contributed by atoms with Gasteiger partial charge in [0, 0.05) is 30.6 Å². The van der Waals surface area contributed by atoms with Crippen LogP contribution in [0.4, 0.5) is 4.79 Å². The molecule has 1 fully saturated rings. The van der Waals surface area contributed by atoms with Gasteiger partial charge in [-0.25, -0.2) is 4.79 Å². The zero-order valence-electron chi connectivity index (χ0n) is 14.0. The van der Waals surface area contributed by atoms with Gasteiger partial charge < -0.3 is 14.5 Å². The van der Waals surface area contributed by atoms with Gasteiger partial charge in [-0.3, -0.25) is 4.79 Å². The molecule has 7 heteroatoms. The van der Waals surface area contributed by atoms with Crippen LogP contribution in [0.3, 0.4) is 0 Å². The van der Waals surface area contributed by atoms with Crippen molar-refractivity contribution in [2.24, 2.45) is 0 Å². The molecular formula is C16H23BrN2O3S. The van der Waals surface area contributed by atoms with E-state index in [0.29, 0.717) is 26.1 Å². The molecule has 0 aromatic carbocycles. The maximum atomic E-state index is 12.4. The summed E-state index contributed by atoms with van der Waals surface area (Å²) < 4.78 is 6.45. The van der Waals surface area contributed by atoms with Gasteiger partial charge in [-0.2, -0.15) is 0 Å². The second kappa shape index (κ2) is 7.21. The minimum Gasteiger partial charge on any atom is -0.444 e. The molecule has 128 valence electrons. The molecule has 0 N–H and O–H groups in total. The van der Waals surface area contributed by atoms with Crippen LogP contribution in [-0.2, 0) is 16.0 Å². The van der Waals surface area contributed by atoms with Crippen molar-refractivity contribution in [2.45, 2.75) is 45.8 Å². The Kier molecular flexibility index (Phi) is 5.73. The number of nitrogens with zero attached hydrogens (tertiary/aromatic N) is 2. The third kappa shape index (κ3) is 5.21. The molecule has 23 heavy (non-hydrogen) atoms. The third-order valence-electron chi connectivity index (χ3n) is 3.56. The van der Waals surface area contributed by atoms with Crippen LogP contribution in [0.2, 0.25) is 0 Å². The number of hydrogen-bond acceptors (Lipinski definition) is 4. The van der Waals surface area contributed by atoms with E-state index in [1.54, 1.807) is 16.2 Å². The monoisotopic (exact) mass is 402 g/mol. The number of ether oxygens (including phenoxy) is 1. The number of piperazine rings is 1. The van der Waals surface area contributed by atoms with Gasteiger partial charge in [0.1, 0.15) is 5.60 Å². The van der Waals surface area contributed by atoms with Crippen LogP contribution in [0.25, 0.3) is 0 Å². The molecule has 0 unspecified atom stereocenters. The Bertz CT molecular complexity index is 582. The van der Waals surface area contributed by atoms with E-state index in [0.717, 1.165) is 8.66 Å². The van der Waals surface area contributed by atoms with Crippen molar-refractivity contribution in [1.29, 1.82) is 0 Å². The van der Waals surface area contributed by atoms with Crippen LogP contribution in [0.15, 0.2) is 15.9 Å². The molecule has 0 bridgehead atoms. The predicted molar refractivity (Wildman–Crippen MR) is 94.7 cm³/mol. The van der Waals surface area contributed by atoms with E-state index < -0.39 is 5.60 Å². The molecule has 0 saturated carbocycles. The molecule has 0 aliphatic carbocycles. The summed E-state index contributed by atoms with van der Waals surface area (Å²) in [4.78, 5) is 29.2. The van der Waals surface area contributed by atoms with E-state index in [9.17, 15) is 9.59 Å². The Morgan fingerprint density at radius 3 is 2.57 bits per heavy atom.